The van der Waals surface area contributed by atoms with Crippen LogP contribution >= 0.6 is 11.6 Å². The molecule has 0 N–H and O–H groups in total. The number of benzene rings is 2. The lowest BCUT2D eigenvalue weighted by atomic mass is 10.1. The first-order valence-electron chi connectivity index (χ1n) is 8.56. The summed E-state index contributed by atoms with van der Waals surface area (Å²) in [6.45, 7) is 0.224. The highest BCUT2D eigenvalue weighted by molar-refractivity contribution is 6.31. The Morgan fingerprint density at radius 1 is 1.11 bits per heavy atom. The van der Waals surface area contributed by atoms with E-state index in [0.29, 0.717) is 13.0 Å². The largest absolute Gasteiger partial charge is 0.461 e. The van der Waals surface area contributed by atoms with Crippen LogP contribution in [0.2, 0.25) is 5.02 Å². The van der Waals surface area contributed by atoms with Gasteiger partial charge in [-0.15, -0.1) is 0 Å². The van der Waals surface area contributed by atoms with Crippen LogP contribution in [0.3, 0.4) is 0 Å². The van der Waals surface area contributed by atoms with Crippen LogP contribution in [-0.4, -0.2) is 29.1 Å². The Labute approximate surface area is 161 Å². The second kappa shape index (κ2) is 8.77. The molecule has 2 aromatic rings. The van der Waals surface area contributed by atoms with Gasteiger partial charge in [0.15, 0.2) is 0 Å². The SMILES string of the molecule is O=C(CCC(=O)N1CCC(c2ccccc2)=N1)OCc1c(F)cccc1Cl. The summed E-state index contributed by atoms with van der Waals surface area (Å²) in [5.41, 5.74) is 1.95. The number of carbonyl (C=O) groups is 2. The van der Waals surface area contributed by atoms with Gasteiger partial charge >= 0.3 is 5.97 Å². The first-order chi connectivity index (χ1) is 13.0. The van der Waals surface area contributed by atoms with Crippen LogP contribution in [0.1, 0.15) is 30.4 Å². The van der Waals surface area contributed by atoms with E-state index in [1.165, 1.54) is 23.2 Å². The molecular weight excluding hydrogens is 371 g/mol. The topological polar surface area (TPSA) is 59.0 Å². The summed E-state index contributed by atoms with van der Waals surface area (Å²) in [5.74, 6) is -1.37. The minimum Gasteiger partial charge on any atom is -0.461 e. The lowest BCUT2D eigenvalue weighted by molar-refractivity contribution is -0.147. The van der Waals surface area contributed by atoms with Crippen molar-refractivity contribution in [2.45, 2.75) is 25.9 Å². The fourth-order valence-corrected chi connectivity index (χ4v) is 2.92. The molecule has 1 aliphatic rings. The van der Waals surface area contributed by atoms with Gasteiger partial charge < -0.3 is 4.74 Å². The van der Waals surface area contributed by atoms with Gasteiger partial charge in [-0.05, 0) is 17.7 Å². The van der Waals surface area contributed by atoms with Gasteiger partial charge in [-0.1, -0.05) is 48.0 Å². The number of amides is 1. The smallest absolute Gasteiger partial charge is 0.306 e. The molecule has 1 heterocycles. The average molecular weight is 389 g/mol. The fraction of sp³-hybridized carbons (Fsp3) is 0.250. The summed E-state index contributed by atoms with van der Waals surface area (Å²) in [4.78, 5) is 24.1. The standard InChI is InChI=1S/C20H18ClFN2O3/c21-16-7-4-8-17(22)15(16)13-27-20(26)10-9-19(25)24-12-11-18(23-24)14-5-2-1-3-6-14/h1-8H,9-13H2. The number of carbonyl (C=O) groups excluding carboxylic acids is 2. The number of hydrazone groups is 1. The number of hydrogen-bond donors (Lipinski definition) is 0. The van der Waals surface area contributed by atoms with Gasteiger partial charge in [0.1, 0.15) is 12.4 Å². The quantitative estimate of drug-likeness (QED) is 0.704. The molecule has 0 unspecified atom stereocenters. The number of hydrogen-bond acceptors (Lipinski definition) is 4. The molecule has 0 radical (unpaired) electrons. The average Bonchev–Trinajstić information content (AvgIpc) is 3.17. The molecule has 0 aliphatic carbocycles. The highest BCUT2D eigenvalue weighted by atomic mass is 35.5. The lowest BCUT2D eigenvalue weighted by Gasteiger charge is -2.11. The van der Waals surface area contributed by atoms with Crippen molar-refractivity contribution >= 4 is 29.2 Å². The zero-order valence-electron chi connectivity index (χ0n) is 14.5. The first kappa shape index (κ1) is 19.0. The molecule has 5 nitrogen and oxygen atoms in total. The molecule has 3 rings (SSSR count). The van der Waals surface area contributed by atoms with Crippen LogP contribution in [-0.2, 0) is 20.9 Å². The number of rotatable bonds is 6. The first-order valence-corrected chi connectivity index (χ1v) is 8.94. The second-order valence-electron chi connectivity index (χ2n) is 6.04. The van der Waals surface area contributed by atoms with Crippen LogP contribution in [0.15, 0.2) is 53.6 Å². The van der Waals surface area contributed by atoms with Crippen molar-refractivity contribution in [3.05, 3.63) is 70.5 Å². The third-order valence-corrected chi connectivity index (χ3v) is 4.53. The number of halogens is 2. The molecule has 140 valence electrons. The van der Waals surface area contributed by atoms with Crippen molar-refractivity contribution in [2.24, 2.45) is 5.10 Å². The van der Waals surface area contributed by atoms with Crippen molar-refractivity contribution in [2.75, 3.05) is 6.54 Å². The molecule has 0 saturated carbocycles. The Morgan fingerprint density at radius 3 is 2.63 bits per heavy atom. The van der Waals surface area contributed by atoms with Crippen LogP contribution in [0.25, 0.3) is 0 Å². The normalized spacial score (nSPS) is 13.4. The second-order valence-corrected chi connectivity index (χ2v) is 6.45. The maximum Gasteiger partial charge on any atom is 0.306 e. The van der Waals surface area contributed by atoms with Crippen LogP contribution < -0.4 is 0 Å². The summed E-state index contributed by atoms with van der Waals surface area (Å²) >= 11 is 5.88. The molecule has 1 aliphatic heterocycles. The number of nitrogens with zero attached hydrogens (tertiary/aromatic N) is 2. The molecule has 1 amide bonds. The van der Waals surface area contributed by atoms with Crippen molar-refractivity contribution in [1.29, 1.82) is 0 Å². The van der Waals surface area contributed by atoms with E-state index in [1.807, 2.05) is 30.3 Å². The van der Waals surface area contributed by atoms with Crippen LogP contribution in [0.4, 0.5) is 4.39 Å². The highest BCUT2D eigenvalue weighted by Gasteiger charge is 2.22. The van der Waals surface area contributed by atoms with Crippen molar-refractivity contribution < 1.29 is 18.7 Å². The Hall–Kier alpha value is -2.73. The van der Waals surface area contributed by atoms with Gasteiger partial charge in [-0.2, -0.15) is 5.10 Å². The van der Waals surface area contributed by atoms with E-state index >= 15 is 0 Å². The van der Waals surface area contributed by atoms with Gasteiger partial charge in [0.05, 0.1) is 23.7 Å². The highest BCUT2D eigenvalue weighted by Crippen LogP contribution is 2.20. The van der Waals surface area contributed by atoms with Gasteiger partial charge in [-0.3, -0.25) is 9.59 Å². The van der Waals surface area contributed by atoms with E-state index < -0.39 is 11.8 Å². The molecule has 27 heavy (non-hydrogen) atoms. The summed E-state index contributed by atoms with van der Waals surface area (Å²) in [6.07, 6.45) is 0.555. The van der Waals surface area contributed by atoms with Gasteiger partial charge in [0.25, 0.3) is 0 Å². The molecule has 7 heteroatoms. The van der Waals surface area contributed by atoms with Crippen molar-refractivity contribution in [1.82, 2.24) is 5.01 Å². The molecule has 2 aromatic carbocycles. The Kier molecular flexibility index (Phi) is 6.19. The van der Waals surface area contributed by atoms with Crippen LogP contribution in [0, 0.1) is 5.82 Å². The van der Waals surface area contributed by atoms with E-state index in [-0.39, 0.29) is 35.9 Å². The van der Waals surface area contributed by atoms with E-state index in [4.69, 9.17) is 16.3 Å². The maximum atomic E-state index is 13.6. The van der Waals surface area contributed by atoms with Gasteiger partial charge in [0.2, 0.25) is 5.91 Å². The summed E-state index contributed by atoms with van der Waals surface area (Å²) in [5, 5.41) is 5.91. The minimum absolute atomic E-state index is 0.0184. The zero-order chi connectivity index (χ0) is 19.2. The molecule has 0 fully saturated rings. The monoisotopic (exact) mass is 388 g/mol. The predicted octanol–water partition coefficient (Wildman–Crippen LogP) is 3.94. The third kappa shape index (κ3) is 4.92. The molecule has 0 atom stereocenters. The van der Waals surface area contributed by atoms with Crippen molar-refractivity contribution in [3.8, 4) is 0 Å². The Balaban J connectivity index is 1.48. The van der Waals surface area contributed by atoms with E-state index in [2.05, 4.69) is 5.10 Å². The zero-order valence-corrected chi connectivity index (χ0v) is 15.3. The molecule has 0 aromatic heterocycles. The number of esters is 1. The Morgan fingerprint density at radius 2 is 1.89 bits per heavy atom. The van der Waals surface area contributed by atoms with Gasteiger partial charge in [-0.25, -0.2) is 9.40 Å². The maximum absolute atomic E-state index is 13.6. The van der Waals surface area contributed by atoms with Gasteiger partial charge in [0, 0.05) is 18.4 Å². The summed E-state index contributed by atoms with van der Waals surface area (Å²) in [7, 11) is 0. The van der Waals surface area contributed by atoms with E-state index in [0.717, 1.165) is 11.3 Å². The third-order valence-electron chi connectivity index (χ3n) is 4.18. The summed E-state index contributed by atoms with van der Waals surface area (Å²) < 4.78 is 18.7. The Bertz CT molecular complexity index is 851. The predicted molar refractivity (Wildman–Crippen MR) is 99.7 cm³/mol. The molecular formula is C20H18ClFN2O3. The molecule has 0 saturated heterocycles. The van der Waals surface area contributed by atoms with E-state index in [1.54, 1.807) is 0 Å². The molecule has 0 bridgehead atoms. The van der Waals surface area contributed by atoms with Crippen molar-refractivity contribution in [3.63, 3.8) is 0 Å². The molecule has 0 spiro atoms. The summed E-state index contributed by atoms with van der Waals surface area (Å²) in [6, 6.07) is 13.9. The fourth-order valence-electron chi connectivity index (χ4n) is 2.70. The number of ether oxygens (including phenoxy) is 1. The minimum atomic E-state index is -0.589. The lowest BCUT2D eigenvalue weighted by Crippen LogP contribution is -2.24. The van der Waals surface area contributed by atoms with Crippen LogP contribution in [0.5, 0.6) is 0 Å². The van der Waals surface area contributed by atoms with E-state index in [9.17, 15) is 14.0 Å².